The van der Waals surface area contributed by atoms with E-state index < -0.39 is 11.5 Å². The average molecular weight is 348 g/mol. The second-order valence-electron chi connectivity index (χ2n) is 6.10. The SMILES string of the molecule is C/C=C(/C1=C(O)C(=O)CC1=O)c1ccccc1C.CCc1ccccc1. The highest BCUT2D eigenvalue weighted by atomic mass is 16.3. The van der Waals surface area contributed by atoms with Gasteiger partial charge in [-0.3, -0.25) is 9.59 Å². The van der Waals surface area contributed by atoms with Crippen LogP contribution in [0.1, 0.15) is 37.0 Å². The molecule has 3 heteroatoms. The van der Waals surface area contributed by atoms with Crippen LogP contribution >= 0.6 is 0 Å². The number of hydrogen-bond donors (Lipinski definition) is 1. The molecule has 0 heterocycles. The first-order chi connectivity index (χ1) is 12.5. The predicted octanol–water partition coefficient (Wildman–Crippen LogP) is 5.00. The van der Waals surface area contributed by atoms with Crippen LogP contribution in [0.2, 0.25) is 0 Å². The summed E-state index contributed by atoms with van der Waals surface area (Å²) >= 11 is 0. The van der Waals surface area contributed by atoms with Crippen molar-refractivity contribution in [1.82, 2.24) is 0 Å². The zero-order chi connectivity index (χ0) is 19.1. The van der Waals surface area contributed by atoms with Crippen LogP contribution in [-0.4, -0.2) is 16.7 Å². The fourth-order valence-corrected chi connectivity index (χ4v) is 2.89. The summed E-state index contributed by atoms with van der Waals surface area (Å²) in [4.78, 5) is 23.2. The molecule has 0 amide bonds. The molecule has 0 aromatic heterocycles. The standard InChI is InChI=1S/C15H14O3.C8H10/c1-3-10(11-7-5-4-6-9(11)2)14-12(16)8-13(17)15(14)18;1-2-8-6-4-3-5-7-8/h3-7,18H,8H2,1-2H3;3-7H,2H2,1H3/b10-3+;. The van der Waals surface area contributed by atoms with Crippen LogP contribution in [0.25, 0.3) is 5.57 Å². The third-order valence-electron chi connectivity index (χ3n) is 4.35. The molecule has 134 valence electrons. The number of aryl methyl sites for hydroxylation is 2. The van der Waals surface area contributed by atoms with Crippen LogP contribution in [0, 0.1) is 6.92 Å². The van der Waals surface area contributed by atoms with Crippen molar-refractivity contribution in [3.63, 3.8) is 0 Å². The summed E-state index contributed by atoms with van der Waals surface area (Å²) in [6.45, 7) is 5.88. The predicted molar refractivity (Wildman–Crippen MR) is 105 cm³/mol. The molecule has 0 spiro atoms. The van der Waals surface area contributed by atoms with Crippen LogP contribution in [0.15, 0.2) is 72.0 Å². The average Bonchev–Trinajstić information content (AvgIpc) is 2.91. The Morgan fingerprint density at radius 3 is 2.08 bits per heavy atom. The Bertz CT molecular complexity index is 858. The largest absolute Gasteiger partial charge is 0.504 e. The summed E-state index contributed by atoms with van der Waals surface area (Å²) in [7, 11) is 0. The number of aliphatic hydroxyl groups excluding tert-OH is 1. The normalized spacial score (nSPS) is 14.3. The van der Waals surface area contributed by atoms with E-state index in [0.717, 1.165) is 17.5 Å². The molecule has 2 aromatic rings. The van der Waals surface area contributed by atoms with Gasteiger partial charge in [0.15, 0.2) is 11.5 Å². The van der Waals surface area contributed by atoms with Gasteiger partial charge in [-0.25, -0.2) is 0 Å². The van der Waals surface area contributed by atoms with E-state index in [1.165, 1.54) is 5.56 Å². The Morgan fingerprint density at radius 2 is 1.62 bits per heavy atom. The summed E-state index contributed by atoms with van der Waals surface area (Å²) in [6.07, 6.45) is 2.66. The Balaban J connectivity index is 0.000000254. The topological polar surface area (TPSA) is 54.4 Å². The number of hydrogen-bond acceptors (Lipinski definition) is 3. The quantitative estimate of drug-likeness (QED) is 0.794. The molecule has 26 heavy (non-hydrogen) atoms. The van der Waals surface area contributed by atoms with Gasteiger partial charge in [0.05, 0.1) is 12.0 Å². The first-order valence-electron chi connectivity index (χ1n) is 8.75. The number of allylic oxidation sites excluding steroid dienone is 4. The third kappa shape index (κ3) is 4.37. The Morgan fingerprint density at radius 1 is 1.00 bits per heavy atom. The van der Waals surface area contributed by atoms with Gasteiger partial charge in [0.25, 0.3) is 0 Å². The molecule has 0 atom stereocenters. The maximum Gasteiger partial charge on any atom is 0.205 e. The molecule has 0 saturated heterocycles. The molecular formula is C23H24O3. The van der Waals surface area contributed by atoms with Crippen molar-refractivity contribution in [3.8, 4) is 0 Å². The monoisotopic (exact) mass is 348 g/mol. The molecule has 2 aromatic carbocycles. The molecule has 0 fully saturated rings. The van der Waals surface area contributed by atoms with Crippen molar-refractivity contribution in [1.29, 1.82) is 0 Å². The lowest BCUT2D eigenvalue weighted by Crippen LogP contribution is -2.01. The lowest BCUT2D eigenvalue weighted by molar-refractivity contribution is -0.121. The lowest BCUT2D eigenvalue weighted by Gasteiger charge is -2.10. The van der Waals surface area contributed by atoms with Crippen molar-refractivity contribution < 1.29 is 14.7 Å². The molecule has 3 rings (SSSR count). The van der Waals surface area contributed by atoms with E-state index in [-0.39, 0.29) is 17.8 Å². The second-order valence-corrected chi connectivity index (χ2v) is 6.10. The number of aliphatic hydroxyl groups is 1. The van der Waals surface area contributed by atoms with Crippen LogP contribution in [0.3, 0.4) is 0 Å². The summed E-state index contributed by atoms with van der Waals surface area (Å²) < 4.78 is 0. The van der Waals surface area contributed by atoms with E-state index in [9.17, 15) is 14.7 Å². The number of carbonyl (C=O) groups is 2. The smallest absolute Gasteiger partial charge is 0.205 e. The van der Waals surface area contributed by atoms with E-state index in [1.54, 1.807) is 13.0 Å². The lowest BCUT2D eigenvalue weighted by atomic mass is 9.93. The molecular weight excluding hydrogens is 324 g/mol. The van der Waals surface area contributed by atoms with Gasteiger partial charge in [0.2, 0.25) is 5.78 Å². The van der Waals surface area contributed by atoms with Gasteiger partial charge in [0.1, 0.15) is 0 Å². The fraction of sp³-hybridized carbons (Fsp3) is 0.217. The minimum atomic E-state index is -0.497. The summed E-state index contributed by atoms with van der Waals surface area (Å²) in [6, 6.07) is 18.0. The highest BCUT2D eigenvalue weighted by molar-refractivity contribution is 6.27. The molecule has 3 nitrogen and oxygen atoms in total. The zero-order valence-electron chi connectivity index (χ0n) is 15.5. The molecule has 1 aliphatic rings. The van der Waals surface area contributed by atoms with E-state index in [2.05, 4.69) is 31.2 Å². The minimum absolute atomic E-state index is 0.150. The van der Waals surface area contributed by atoms with Crippen molar-refractivity contribution in [2.75, 3.05) is 0 Å². The first kappa shape index (κ1) is 19.4. The van der Waals surface area contributed by atoms with Gasteiger partial charge in [-0.2, -0.15) is 0 Å². The number of ketones is 2. The molecule has 0 radical (unpaired) electrons. The van der Waals surface area contributed by atoms with E-state index in [1.807, 2.05) is 37.3 Å². The fourth-order valence-electron chi connectivity index (χ4n) is 2.89. The van der Waals surface area contributed by atoms with Gasteiger partial charge in [-0.05, 0) is 42.5 Å². The number of Topliss-reactive ketones (excluding diaryl/α,β-unsaturated/α-hetero) is 2. The highest BCUT2D eigenvalue weighted by Crippen LogP contribution is 2.32. The van der Waals surface area contributed by atoms with Gasteiger partial charge in [-0.15, -0.1) is 0 Å². The molecule has 0 unspecified atom stereocenters. The molecule has 0 saturated carbocycles. The van der Waals surface area contributed by atoms with Crippen LogP contribution in [-0.2, 0) is 16.0 Å². The number of carbonyl (C=O) groups excluding carboxylic acids is 2. The summed E-state index contributed by atoms with van der Waals surface area (Å²) in [5.41, 5.74) is 4.05. The number of benzene rings is 2. The van der Waals surface area contributed by atoms with Gasteiger partial charge in [-0.1, -0.05) is 67.6 Å². The van der Waals surface area contributed by atoms with Gasteiger partial charge in [0, 0.05) is 0 Å². The van der Waals surface area contributed by atoms with Crippen LogP contribution < -0.4 is 0 Å². The molecule has 0 aliphatic heterocycles. The van der Waals surface area contributed by atoms with Gasteiger partial charge >= 0.3 is 0 Å². The van der Waals surface area contributed by atoms with E-state index in [0.29, 0.717) is 5.57 Å². The van der Waals surface area contributed by atoms with Crippen molar-refractivity contribution in [2.24, 2.45) is 0 Å². The van der Waals surface area contributed by atoms with Crippen molar-refractivity contribution in [2.45, 2.75) is 33.6 Å². The van der Waals surface area contributed by atoms with Crippen LogP contribution in [0.5, 0.6) is 0 Å². The summed E-state index contributed by atoms with van der Waals surface area (Å²) in [5.74, 6) is -1.21. The minimum Gasteiger partial charge on any atom is -0.504 e. The third-order valence-corrected chi connectivity index (χ3v) is 4.35. The first-order valence-corrected chi connectivity index (χ1v) is 8.75. The number of rotatable bonds is 3. The maximum atomic E-state index is 11.8. The van der Waals surface area contributed by atoms with Gasteiger partial charge < -0.3 is 5.11 Å². The highest BCUT2D eigenvalue weighted by Gasteiger charge is 2.33. The van der Waals surface area contributed by atoms with Crippen LogP contribution in [0.4, 0.5) is 0 Å². The molecule has 0 bridgehead atoms. The van der Waals surface area contributed by atoms with Crippen molar-refractivity contribution in [3.05, 3.63) is 88.7 Å². The summed E-state index contributed by atoms with van der Waals surface area (Å²) in [5, 5.41) is 9.75. The molecule has 1 N–H and O–H groups in total. The molecule has 1 aliphatic carbocycles. The second kappa shape index (κ2) is 8.95. The van der Waals surface area contributed by atoms with E-state index in [4.69, 9.17) is 0 Å². The maximum absolute atomic E-state index is 11.8. The Labute approximate surface area is 154 Å². The zero-order valence-corrected chi connectivity index (χ0v) is 15.5. The van der Waals surface area contributed by atoms with Crippen molar-refractivity contribution >= 4 is 17.1 Å². The Kier molecular flexibility index (Phi) is 6.67. The van der Waals surface area contributed by atoms with E-state index >= 15 is 0 Å². The Hall–Kier alpha value is -2.94.